The first kappa shape index (κ1) is 54.6. The number of carbonyl (C=O) groups is 5. The molecule has 7 aromatic rings. The number of likely N-dealkylation sites (tertiary alicyclic amines) is 1. The van der Waals surface area contributed by atoms with Crippen molar-refractivity contribution in [1.29, 1.82) is 0 Å². The number of aliphatic hydroxyl groups is 1. The van der Waals surface area contributed by atoms with Crippen molar-refractivity contribution >= 4 is 74.6 Å². The largest absolute Gasteiger partial charge is 0.492 e. The Hall–Kier alpha value is -7.75. The summed E-state index contributed by atoms with van der Waals surface area (Å²) in [7, 11) is 0. The normalized spacial score (nSPS) is 18.8. The summed E-state index contributed by atoms with van der Waals surface area (Å²) < 4.78 is 13.9. The van der Waals surface area contributed by atoms with Crippen molar-refractivity contribution in [2.24, 2.45) is 16.3 Å². The number of furan rings is 1. The van der Waals surface area contributed by atoms with Crippen LogP contribution in [0.4, 0.5) is 5.69 Å². The summed E-state index contributed by atoms with van der Waals surface area (Å²) in [6.07, 6.45) is -0.415. The van der Waals surface area contributed by atoms with Crippen LogP contribution in [0.25, 0.3) is 26.4 Å². The molecule has 2 unspecified atom stereocenters. The molecule has 10 rings (SSSR count). The molecule has 3 aromatic carbocycles. The molecule has 412 valence electrons. The lowest BCUT2D eigenvalue weighted by Crippen LogP contribution is -2.57. The van der Waals surface area contributed by atoms with E-state index < -0.39 is 53.3 Å². The lowest BCUT2D eigenvalue weighted by molar-refractivity contribution is -0.142. The monoisotopic (exact) mass is 1110 g/mol. The predicted molar refractivity (Wildman–Crippen MR) is 301 cm³/mol. The summed E-state index contributed by atoms with van der Waals surface area (Å²) in [5.41, 5.74) is 8.86. The molecule has 3 aliphatic heterocycles. The molecule has 2 fully saturated rings. The lowest BCUT2D eigenvalue weighted by Gasteiger charge is -2.35. The van der Waals surface area contributed by atoms with Gasteiger partial charge in [0.2, 0.25) is 17.7 Å². The number of amides is 4. The smallest absolute Gasteiger partial charge is 0.306 e. The van der Waals surface area contributed by atoms with Crippen molar-refractivity contribution in [3.05, 3.63) is 129 Å². The Morgan fingerprint density at radius 1 is 0.911 bits per heavy atom. The SMILES string of the molecule is Cc1ncsc1-c1ccc(C(C)NC(=O)[C@@H]2C[C@@H](O)CN2C(=O)C(NC(=O)c2cc3cc(OCCNC(=O)[C@@H]4CCN(c5ccc(C6=N[C@@H](CC(=O)O)c7nnc(C)n7-c7sc(C)c(C)c76)cc5)C4)ccc3o2)C(C)(C)C)cc1. The molecule has 21 heteroatoms. The third-order valence-corrected chi connectivity index (χ3v) is 17.3. The average molecular weight is 1110 g/mol. The first-order valence-corrected chi connectivity index (χ1v) is 28.1. The van der Waals surface area contributed by atoms with Crippen LogP contribution >= 0.6 is 22.7 Å². The number of hydrogen-bond acceptors (Lipinski definition) is 15. The minimum Gasteiger partial charge on any atom is -0.492 e. The zero-order valence-electron chi connectivity index (χ0n) is 45.3. The highest BCUT2D eigenvalue weighted by Gasteiger charge is 2.45. The number of hydrogen-bond donors (Lipinski definition) is 5. The van der Waals surface area contributed by atoms with Crippen LogP contribution in [0.3, 0.4) is 0 Å². The van der Waals surface area contributed by atoms with Gasteiger partial charge in [-0.3, -0.25) is 33.5 Å². The van der Waals surface area contributed by atoms with Gasteiger partial charge in [0.1, 0.15) is 46.9 Å². The molecule has 6 atom stereocenters. The second-order valence-electron chi connectivity index (χ2n) is 21.7. The maximum absolute atomic E-state index is 14.4. The number of ether oxygens (including phenoxy) is 1. The van der Waals surface area contributed by atoms with Gasteiger partial charge in [0, 0.05) is 53.1 Å². The number of thiazole rings is 1. The van der Waals surface area contributed by atoms with Gasteiger partial charge in [-0.2, -0.15) is 0 Å². The zero-order chi connectivity index (χ0) is 56.0. The van der Waals surface area contributed by atoms with Gasteiger partial charge >= 0.3 is 5.97 Å². The van der Waals surface area contributed by atoms with Gasteiger partial charge in [-0.05, 0) is 99.5 Å². The standard InChI is InChI=1S/C58H64N10O9S2/c1-30-33(4)79-57-48(30)49(62-43(26-47(70)71)52-65-64-34(5)68(52)57)36-13-15-40(16-14-36)66-21-19-38(27-66)53(72)59-20-22-76-42-17-18-45-39(23-42)24-46(77-45)55(74)63-51(58(6,7)8)56(75)67-28-41(69)25-44(67)54(73)61-31(2)35-9-11-37(12-10-35)50-32(3)60-29-78-50/h9-18,23-24,29,31,38,41,43-44,51,69H,19-22,25-28H2,1-8H3,(H,59,72)(H,61,73)(H,63,74)(H,70,71)/t31?,38-,41-,43+,44+,51?/m1/s1. The predicted octanol–water partition coefficient (Wildman–Crippen LogP) is 7.80. The number of aryl methyl sites for hydroxylation is 3. The zero-order valence-corrected chi connectivity index (χ0v) is 47.0. The van der Waals surface area contributed by atoms with Crippen molar-refractivity contribution in [3.8, 4) is 21.2 Å². The van der Waals surface area contributed by atoms with E-state index in [1.54, 1.807) is 46.9 Å². The highest BCUT2D eigenvalue weighted by atomic mass is 32.1. The first-order valence-electron chi connectivity index (χ1n) is 26.4. The third-order valence-electron chi connectivity index (χ3n) is 15.1. The number of fused-ring (bicyclic) bond motifs is 4. The molecule has 4 amide bonds. The Balaban J connectivity index is 0.716. The number of thiophene rings is 1. The number of aliphatic hydroxyl groups excluding tert-OH is 1. The Labute approximate surface area is 465 Å². The Morgan fingerprint density at radius 3 is 2.37 bits per heavy atom. The molecule has 0 saturated carbocycles. The van der Waals surface area contributed by atoms with Crippen LogP contribution in [0.5, 0.6) is 5.75 Å². The topological polar surface area (TPSA) is 247 Å². The third kappa shape index (κ3) is 11.3. The number of carboxylic acids is 1. The molecule has 79 heavy (non-hydrogen) atoms. The van der Waals surface area contributed by atoms with E-state index >= 15 is 0 Å². The fourth-order valence-corrected chi connectivity index (χ4v) is 12.7. The van der Waals surface area contributed by atoms with Crippen molar-refractivity contribution < 1.29 is 43.3 Å². The molecule has 0 spiro atoms. The maximum atomic E-state index is 14.4. The van der Waals surface area contributed by atoms with Crippen molar-refractivity contribution in [3.63, 3.8) is 0 Å². The van der Waals surface area contributed by atoms with Crippen LogP contribution in [0, 0.1) is 39.0 Å². The quantitative estimate of drug-likeness (QED) is 0.0581. The number of rotatable bonds is 16. The molecule has 2 saturated heterocycles. The number of nitrogens with zero attached hydrogens (tertiary/aromatic N) is 7. The Morgan fingerprint density at radius 2 is 1.66 bits per heavy atom. The molecule has 19 nitrogen and oxygen atoms in total. The number of nitrogens with one attached hydrogen (secondary N) is 3. The van der Waals surface area contributed by atoms with E-state index in [-0.39, 0.29) is 56.2 Å². The molecular formula is C58H64N10O9S2. The van der Waals surface area contributed by atoms with Crippen LogP contribution in [0.2, 0.25) is 0 Å². The first-order chi connectivity index (χ1) is 37.7. The van der Waals surface area contributed by atoms with Gasteiger partial charge in [0.05, 0.1) is 52.8 Å². The minimum absolute atomic E-state index is 0.0201. The van der Waals surface area contributed by atoms with E-state index in [1.807, 2.05) is 100 Å². The number of β-amino-alcohol motifs (C(OH)–C–C–N with tert-alkyl or cyclic N) is 1. The summed E-state index contributed by atoms with van der Waals surface area (Å²) in [4.78, 5) is 82.6. The van der Waals surface area contributed by atoms with Crippen molar-refractivity contribution in [1.82, 2.24) is 40.6 Å². The number of aliphatic imine (C=N–C) groups is 1. The van der Waals surface area contributed by atoms with Gasteiger partial charge in [-0.15, -0.1) is 32.9 Å². The van der Waals surface area contributed by atoms with Gasteiger partial charge in [-0.1, -0.05) is 57.2 Å². The van der Waals surface area contributed by atoms with E-state index in [1.165, 1.54) is 4.90 Å². The molecule has 4 aromatic heterocycles. The lowest BCUT2D eigenvalue weighted by atomic mass is 9.85. The molecule has 3 aliphatic rings. The minimum atomic E-state index is -1.07. The second-order valence-corrected chi connectivity index (χ2v) is 23.8. The highest BCUT2D eigenvalue weighted by Crippen LogP contribution is 2.40. The summed E-state index contributed by atoms with van der Waals surface area (Å²) in [6, 6.07) is 19.5. The van der Waals surface area contributed by atoms with Crippen LogP contribution in [-0.2, 0) is 19.2 Å². The number of aliphatic carboxylic acids is 1. The molecule has 7 heterocycles. The van der Waals surface area contributed by atoms with Crippen LogP contribution in [0.15, 0.2) is 87.7 Å². The van der Waals surface area contributed by atoms with Gasteiger partial charge in [-0.25, -0.2) is 4.98 Å². The number of aromatic nitrogens is 4. The average Bonchev–Trinajstić information content (AvgIpc) is 4.47. The van der Waals surface area contributed by atoms with Gasteiger partial charge < -0.3 is 45.1 Å². The van der Waals surface area contributed by atoms with Crippen molar-refractivity contribution in [2.75, 3.05) is 37.7 Å². The molecule has 0 bridgehead atoms. The van der Waals surface area contributed by atoms with Crippen LogP contribution in [-0.4, -0.2) is 121 Å². The highest BCUT2D eigenvalue weighted by molar-refractivity contribution is 7.15. The van der Waals surface area contributed by atoms with Crippen LogP contribution < -0.4 is 25.6 Å². The number of anilines is 1. The molecule has 5 N–H and O–H groups in total. The molecule has 0 radical (unpaired) electrons. The van der Waals surface area contributed by atoms with Gasteiger partial charge in [0.15, 0.2) is 11.6 Å². The van der Waals surface area contributed by atoms with E-state index in [4.69, 9.17) is 14.1 Å². The summed E-state index contributed by atoms with van der Waals surface area (Å²) >= 11 is 3.18. The number of carbonyl (C=O) groups excluding carboxylic acids is 4. The maximum Gasteiger partial charge on any atom is 0.306 e. The summed E-state index contributed by atoms with van der Waals surface area (Å²) in [6.45, 7) is 16.9. The van der Waals surface area contributed by atoms with Gasteiger partial charge in [0.25, 0.3) is 5.91 Å². The summed E-state index contributed by atoms with van der Waals surface area (Å²) in [5, 5.41) is 39.7. The van der Waals surface area contributed by atoms with Crippen molar-refractivity contribution in [2.45, 2.75) is 105 Å². The van der Waals surface area contributed by atoms with E-state index in [0.29, 0.717) is 53.6 Å². The van der Waals surface area contributed by atoms with E-state index in [2.05, 4.69) is 49.9 Å². The van der Waals surface area contributed by atoms with Crippen LogP contribution in [0.1, 0.15) is 114 Å². The fraction of sp³-hybridized carbons (Fsp3) is 0.397. The van der Waals surface area contributed by atoms with E-state index in [0.717, 1.165) is 54.0 Å². The summed E-state index contributed by atoms with van der Waals surface area (Å²) in [5.74, 6) is -1.12. The number of benzene rings is 3. The molecule has 0 aliphatic carbocycles. The fourth-order valence-electron chi connectivity index (χ4n) is 10.7. The molecular weight excluding hydrogens is 1040 g/mol. The van der Waals surface area contributed by atoms with E-state index in [9.17, 15) is 34.2 Å². The Bertz CT molecular complexity index is 3500. The number of carboxylic acid groups (broad SMARTS) is 1. The Kier molecular flexibility index (Phi) is 15.3. The second kappa shape index (κ2) is 22.2.